The zero-order valence-corrected chi connectivity index (χ0v) is 15.8. The van der Waals surface area contributed by atoms with Crippen LogP contribution in [0.1, 0.15) is 17.3 Å². The lowest BCUT2D eigenvalue weighted by molar-refractivity contribution is 0.376. The average molecular weight is 399 g/mol. The number of nitrogens with two attached hydrogens (primary N) is 1. The van der Waals surface area contributed by atoms with E-state index in [-0.39, 0.29) is 29.9 Å². The van der Waals surface area contributed by atoms with E-state index in [4.69, 9.17) is 10.3 Å². The van der Waals surface area contributed by atoms with Crippen molar-refractivity contribution in [1.29, 1.82) is 0 Å². The number of nitrogens with zero attached hydrogens (tertiary/aromatic N) is 4. The summed E-state index contributed by atoms with van der Waals surface area (Å²) < 4.78 is 33.6. The van der Waals surface area contributed by atoms with Gasteiger partial charge in [-0.3, -0.25) is 0 Å². The van der Waals surface area contributed by atoms with Crippen LogP contribution in [-0.2, 0) is 30.2 Å². The van der Waals surface area contributed by atoms with Crippen LogP contribution in [-0.4, -0.2) is 28.1 Å². The largest absolute Gasteiger partial charge is 0.338 e. The fourth-order valence-electron chi connectivity index (χ4n) is 2.12. The third-order valence-electron chi connectivity index (χ3n) is 3.69. The van der Waals surface area contributed by atoms with Crippen molar-refractivity contribution in [3.8, 4) is 11.4 Å². The molecule has 1 aromatic carbocycles. The lowest BCUT2D eigenvalue weighted by Crippen LogP contribution is -2.23. The third-order valence-corrected chi connectivity index (χ3v) is 4.96. The zero-order valence-electron chi connectivity index (χ0n) is 14.2. The average Bonchev–Trinajstić information content (AvgIpc) is 3.21. The molecule has 0 atom stereocenters. The summed E-state index contributed by atoms with van der Waals surface area (Å²) in [6, 6.07) is 7.41. The molecular formula is C15H19ClN6O3S. The van der Waals surface area contributed by atoms with E-state index >= 15 is 0 Å². The Morgan fingerprint density at radius 2 is 1.92 bits per heavy atom. The first kappa shape index (κ1) is 20.0. The normalized spacial score (nSPS) is 11.3. The first-order valence-electron chi connectivity index (χ1n) is 7.50. The van der Waals surface area contributed by atoms with Crippen molar-refractivity contribution in [2.45, 2.75) is 25.0 Å². The maximum Gasteiger partial charge on any atom is 0.260 e. The SMILES string of the molecule is Cc1nc(S(=O)(=O)NCc2nc(-c3ccc(CN)cc3)no2)cn1C.Cl. The van der Waals surface area contributed by atoms with E-state index < -0.39 is 10.0 Å². The Balaban J connectivity index is 0.00000243. The molecule has 0 aliphatic carbocycles. The molecule has 0 bridgehead atoms. The number of sulfonamides is 1. The molecular weight excluding hydrogens is 380 g/mol. The van der Waals surface area contributed by atoms with Gasteiger partial charge in [-0.05, 0) is 12.5 Å². The lowest BCUT2D eigenvalue weighted by atomic mass is 10.1. The second kappa shape index (κ2) is 7.96. The maximum atomic E-state index is 12.2. The topological polar surface area (TPSA) is 129 Å². The van der Waals surface area contributed by atoms with Crippen LogP contribution in [0.5, 0.6) is 0 Å². The molecule has 26 heavy (non-hydrogen) atoms. The van der Waals surface area contributed by atoms with Crippen molar-refractivity contribution >= 4 is 22.4 Å². The van der Waals surface area contributed by atoms with E-state index in [2.05, 4.69) is 19.8 Å². The molecule has 0 aliphatic rings. The Hall–Kier alpha value is -2.27. The zero-order chi connectivity index (χ0) is 18.0. The summed E-state index contributed by atoms with van der Waals surface area (Å²) in [7, 11) is -2.02. The van der Waals surface area contributed by atoms with Gasteiger partial charge >= 0.3 is 0 Å². The molecule has 0 aliphatic heterocycles. The molecule has 2 aromatic heterocycles. The summed E-state index contributed by atoms with van der Waals surface area (Å²) in [5.41, 5.74) is 7.31. The molecule has 0 unspecified atom stereocenters. The highest BCUT2D eigenvalue weighted by molar-refractivity contribution is 7.89. The van der Waals surface area contributed by atoms with Crippen LogP contribution in [0.25, 0.3) is 11.4 Å². The van der Waals surface area contributed by atoms with Gasteiger partial charge in [0.05, 0.1) is 6.54 Å². The smallest absolute Gasteiger partial charge is 0.260 e. The van der Waals surface area contributed by atoms with E-state index in [0.717, 1.165) is 11.1 Å². The first-order chi connectivity index (χ1) is 11.9. The van der Waals surface area contributed by atoms with Gasteiger partial charge in [0.1, 0.15) is 5.82 Å². The molecule has 9 nitrogen and oxygen atoms in total. The molecule has 140 valence electrons. The molecule has 0 fully saturated rings. The maximum absolute atomic E-state index is 12.2. The number of aryl methyl sites for hydroxylation is 2. The van der Waals surface area contributed by atoms with Crippen molar-refractivity contribution in [1.82, 2.24) is 24.4 Å². The number of hydrogen-bond donors (Lipinski definition) is 2. The molecule has 3 aromatic rings. The molecule has 0 radical (unpaired) electrons. The summed E-state index contributed by atoms with van der Waals surface area (Å²) >= 11 is 0. The summed E-state index contributed by atoms with van der Waals surface area (Å²) in [6.45, 7) is 2.05. The summed E-state index contributed by atoms with van der Waals surface area (Å²) in [5.74, 6) is 1.14. The number of aromatic nitrogens is 4. The molecule has 2 heterocycles. The number of halogens is 1. The highest BCUT2D eigenvalue weighted by Gasteiger charge is 2.19. The van der Waals surface area contributed by atoms with Crippen LogP contribution in [0.3, 0.4) is 0 Å². The number of imidazole rings is 1. The molecule has 0 amide bonds. The van der Waals surface area contributed by atoms with Gasteiger partial charge in [0, 0.05) is 25.4 Å². The monoisotopic (exact) mass is 398 g/mol. The van der Waals surface area contributed by atoms with E-state index in [9.17, 15) is 8.42 Å². The fourth-order valence-corrected chi connectivity index (χ4v) is 3.13. The second-order valence-corrected chi connectivity index (χ2v) is 7.19. The summed E-state index contributed by atoms with van der Waals surface area (Å²) in [6.07, 6.45) is 1.44. The third kappa shape index (κ3) is 4.28. The van der Waals surface area contributed by atoms with Crippen LogP contribution >= 0.6 is 12.4 Å². The van der Waals surface area contributed by atoms with Gasteiger partial charge in [0.15, 0.2) is 5.03 Å². The number of nitrogens with one attached hydrogen (secondary N) is 1. The van der Waals surface area contributed by atoms with Gasteiger partial charge in [-0.2, -0.15) is 4.98 Å². The van der Waals surface area contributed by atoms with Crippen LogP contribution in [0, 0.1) is 6.92 Å². The van der Waals surface area contributed by atoms with E-state index in [1.807, 2.05) is 24.3 Å². The van der Waals surface area contributed by atoms with Crippen molar-refractivity contribution in [2.24, 2.45) is 12.8 Å². The van der Waals surface area contributed by atoms with Gasteiger partial charge in [0.25, 0.3) is 10.0 Å². The summed E-state index contributed by atoms with van der Waals surface area (Å²) in [4.78, 5) is 8.19. The van der Waals surface area contributed by atoms with Crippen LogP contribution in [0.15, 0.2) is 40.0 Å². The van der Waals surface area contributed by atoms with Crippen molar-refractivity contribution in [3.63, 3.8) is 0 Å². The first-order valence-corrected chi connectivity index (χ1v) is 8.99. The Bertz CT molecular complexity index is 962. The van der Waals surface area contributed by atoms with Gasteiger partial charge in [-0.15, -0.1) is 12.4 Å². The van der Waals surface area contributed by atoms with Crippen molar-refractivity contribution in [2.75, 3.05) is 0 Å². The highest BCUT2D eigenvalue weighted by atomic mass is 35.5. The van der Waals surface area contributed by atoms with E-state index in [1.54, 1.807) is 18.5 Å². The Kier molecular flexibility index (Phi) is 6.13. The molecule has 3 N–H and O–H groups in total. The quantitative estimate of drug-likeness (QED) is 0.636. The van der Waals surface area contributed by atoms with Gasteiger partial charge in [-0.25, -0.2) is 18.1 Å². The standard InChI is InChI=1S/C15H18N6O3S.ClH/c1-10-18-14(9-21(10)2)25(22,23)17-8-13-19-15(20-24-13)12-5-3-11(7-16)4-6-12;/h3-6,9,17H,7-8,16H2,1-2H3;1H. The fraction of sp³-hybridized carbons (Fsp3) is 0.267. The minimum Gasteiger partial charge on any atom is -0.338 e. The number of rotatable bonds is 6. The van der Waals surface area contributed by atoms with Crippen LogP contribution in [0.2, 0.25) is 0 Å². The molecule has 0 saturated carbocycles. The predicted molar refractivity (Wildman–Crippen MR) is 96.8 cm³/mol. The Morgan fingerprint density at radius 1 is 1.23 bits per heavy atom. The molecule has 11 heteroatoms. The number of hydrogen-bond acceptors (Lipinski definition) is 7. The Morgan fingerprint density at radius 3 is 2.50 bits per heavy atom. The summed E-state index contributed by atoms with van der Waals surface area (Å²) in [5, 5.41) is 3.81. The van der Waals surface area contributed by atoms with Gasteiger partial charge < -0.3 is 14.8 Å². The van der Waals surface area contributed by atoms with E-state index in [0.29, 0.717) is 18.2 Å². The van der Waals surface area contributed by atoms with Gasteiger partial charge in [0.2, 0.25) is 11.7 Å². The number of benzene rings is 1. The van der Waals surface area contributed by atoms with Crippen molar-refractivity contribution in [3.05, 3.63) is 47.7 Å². The minimum absolute atomic E-state index is 0. The van der Waals surface area contributed by atoms with Crippen molar-refractivity contribution < 1.29 is 12.9 Å². The highest BCUT2D eigenvalue weighted by Crippen LogP contribution is 2.17. The minimum atomic E-state index is -3.75. The second-order valence-electron chi connectivity index (χ2n) is 5.47. The predicted octanol–water partition coefficient (Wildman–Crippen LogP) is 1.14. The molecule has 0 spiro atoms. The van der Waals surface area contributed by atoms with Crippen LogP contribution in [0.4, 0.5) is 0 Å². The molecule has 3 rings (SSSR count). The van der Waals surface area contributed by atoms with Crippen LogP contribution < -0.4 is 10.5 Å². The molecule has 0 saturated heterocycles. The van der Waals surface area contributed by atoms with E-state index in [1.165, 1.54) is 6.20 Å². The lowest BCUT2D eigenvalue weighted by Gasteiger charge is -2.00. The van der Waals surface area contributed by atoms with Gasteiger partial charge in [-0.1, -0.05) is 29.4 Å². The Labute approximate surface area is 157 Å².